The van der Waals surface area contributed by atoms with Crippen molar-refractivity contribution in [3.8, 4) is 5.69 Å². The molecular formula is C23H26ClN3O2S. The average molecular weight is 444 g/mol. The molecule has 158 valence electrons. The number of thioether (sulfide) groups is 1. The maximum Gasteiger partial charge on any atom is 0.266 e. The van der Waals surface area contributed by atoms with Crippen LogP contribution in [0.5, 0.6) is 0 Å². The van der Waals surface area contributed by atoms with E-state index in [0.717, 1.165) is 19.3 Å². The second-order valence-electron chi connectivity index (χ2n) is 7.04. The molecule has 1 heterocycles. The van der Waals surface area contributed by atoms with Gasteiger partial charge in [0.1, 0.15) is 0 Å². The summed E-state index contributed by atoms with van der Waals surface area (Å²) in [5.74, 6) is -0.0290. The number of nitrogens with one attached hydrogen (secondary N) is 1. The summed E-state index contributed by atoms with van der Waals surface area (Å²) in [5.41, 5.74) is 1.07. The van der Waals surface area contributed by atoms with Crippen molar-refractivity contribution >= 4 is 40.2 Å². The van der Waals surface area contributed by atoms with Gasteiger partial charge in [0.15, 0.2) is 5.16 Å². The van der Waals surface area contributed by atoms with Gasteiger partial charge in [0.25, 0.3) is 5.56 Å². The standard InChI is InChI=1S/C23H26ClN3O2S/c1-3-5-8-14-25-21(28)20(4-2)30-23-26-19-13-7-6-12-18(19)22(29)27(23)17-11-9-10-16(24)15-17/h6-7,9-13,15,20H,3-5,8,14H2,1-2H3,(H,25,28). The molecule has 0 spiro atoms. The van der Waals surface area contributed by atoms with Crippen molar-refractivity contribution < 1.29 is 4.79 Å². The van der Waals surface area contributed by atoms with E-state index >= 15 is 0 Å². The predicted octanol–water partition coefficient (Wildman–Crippen LogP) is 5.22. The second-order valence-corrected chi connectivity index (χ2v) is 8.65. The monoisotopic (exact) mass is 443 g/mol. The lowest BCUT2D eigenvalue weighted by molar-refractivity contribution is -0.120. The first-order valence-corrected chi connectivity index (χ1v) is 11.5. The zero-order valence-corrected chi connectivity index (χ0v) is 18.8. The summed E-state index contributed by atoms with van der Waals surface area (Å²) < 4.78 is 1.55. The van der Waals surface area contributed by atoms with Crippen LogP contribution in [0.1, 0.15) is 39.5 Å². The molecule has 0 radical (unpaired) electrons. The third-order valence-electron chi connectivity index (χ3n) is 4.80. The van der Waals surface area contributed by atoms with Gasteiger partial charge in [-0.1, -0.05) is 68.3 Å². The number of unbranched alkanes of at least 4 members (excludes halogenated alkanes) is 2. The molecule has 0 aliphatic rings. The van der Waals surface area contributed by atoms with Crippen LogP contribution in [0.3, 0.4) is 0 Å². The van der Waals surface area contributed by atoms with Crippen LogP contribution in [0.2, 0.25) is 5.02 Å². The Morgan fingerprint density at radius 2 is 1.97 bits per heavy atom. The number of hydrogen-bond donors (Lipinski definition) is 1. The average Bonchev–Trinajstić information content (AvgIpc) is 2.75. The fourth-order valence-electron chi connectivity index (χ4n) is 3.18. The van der Waals surface area contributed by atoms with Crippen LogP contribution in [0.15, 0.2) is 58.5 Å². The zero-order chi connectivity index (χ0) is 21.5. The minimum absolute atomic E-state index is 0.0290. The van der Waals surface area contributed by atoms with Crippen LogP contribution in [-0.4, -0.2) is 27.3 Å². The first-order valence-electron chi connectivity index (χ1n) is 10.3. The van der Waals surface area contributed by atoms with E-state index in [1.807, 2.05) is 31.2 Å². The Labute approximate surface area is 185 Å². The summed E-state index contributed by atoms with van der Waals surface area (Å²) in [7, 11) is 0. The van der Waals surface area contributed by atoms with Gasteiger partial charge in [-0.25, -0.2) is 4.98 Å². The van der Waals surface area contributed by atoms with Gasteiger partial charge in [-0.3, -0.25) is 14.2 Å². The van der Waals surface area contributed by atoms with Gasteiger partial charge in [0.2, 0.25) is 5.91 Å². The lowest BCUT2D eigenvalue weighted by Crippen LogP contribution is -2.34. The summed E-state index contributed by atoms with van der Waals surface area (Å²) in [5, 5.41) is 4.21. The van der Waals surface area contributed by atoms with Crippen molar-refractivity contribution in [2.24, 2.45) is 0 Å². The number of para-hydroxylation sites is 1. The SMILES string of the molecule is CCCCCNC(=O)C(CC)Sc1nc2ccccc2c(=O)n1-c1cccc(Cl)c1. The zero-order valence-electron chi connectivity index (χ0n) is 17.2. The highest BCUT2D eigenvalue weighted by atomic mass is 35.5. The number of carbonyl (C=O) groups excluding carboxylic acids is 1. The molecule has 3 aromatic rings. The summed E-state index contributed by atoms with van der Waals surface area (Å²) >= 11 is 7.49. The molecule has 0 aliphatic carbocycles. The Kier molecular flexibility index (Phi) is 7.94. The van der Waals surface area contributed by atoms with Gasteiger partial charge in [0, 0.05) is 11.6 Å². The Balaban J connectivity index is 2.00. The number of rotatable bonds is 9. The maximum atomic E-state index is 13.3. The Hall–Kier alpha value is -2.31. The molecule has 0 bridgehead atoms. The summed E-state index contributed by atoms with van der Waals surface area (Å²) in [6.45, 7) is 4.76. The molecule has 0 saturated carbocycles. The minimum Gasteiger partial charge on any atom is -0.355 e. The van der Waals surface area contributed by atoms with Gasteiger partial charge in [-0.15, -0.1) is 0 Å². The van der Waals surface area contributed by atoms with Crippen LogP contribution in [-0.2, 0) is 4.79 Å². The number of carbonyl (C=O) groups is 1. The molecule has 0 fully saturated rings. The topological polar surface area (TPSA) is 64.0 Å². The van der Waals surface area contributed by atoms with E-state index in [2.05, 4.69) is 12.2 Å². The van der Waals surface area contributed by atoms with Crippen molar-refractivity contribution in [1.29, 1.82) is 0 Å². The largest absolute Gasteiger partial charge is 0.355 e. The molecule has 2 aromatic carbocycles. The highest BCUT2D eigenvalue weighted by molar-refractivity contribution is 8.00. The number of hydrogen-bond acceptors (Lipinski definition) is 4. The number of aromatic nitrogens is 2. The highest BCUT2D eigenvalue weighted by Crippen LogP contribution is 2.27. The normalized spacial score (nSPS) is 12.1. The fraction of sp³-hybridized carbons (Fsp3) is 0.348. The third-order valence-corrected chi connectivity index (χ3v) is 6.35. The van der Waals surface area contributed by atoms with E-state index in [9.17, 15) is 9.59 Å². The van der Waals surface area contributed by atoms with Gasteiger partial charge < -0.3 is 5.32 Å². The van der Waals surface area contributed by atoms with Crippen molar-refractivity contribution in [1.82, 2.24) is 14.9 Å². The number of amides is 1. The van der Waals surface area contributed by atoms with Crippen molar-refractivity contribution in [2.45, 2.75) is 49.9 Å². The molecule has 5 nitrogen and oxygen atoms in total. The number of halogens is 1. The number of nitrogens with zero attached hydrogens (tertiary/aromatic N) is 2. The molecule has 1 N–H and O–H groups in total. The molecule has 3 rings (SSSR count). The molecule has 0 saturated heterocycles. The van der Waals surface area contributed by atoms with Gasteiger partial charge in [0.05, 0.1) is 21.8 Å². The highest BCUT2D eigenvalue weighted by Gasteiger charge is 2.22. The van der Waals surface area contributed by atoms with Gasteiger partial charge in [-0.2, -0.15) is 0 Å². The fourth-order valence-corrected chi connectivity index (χ4v) is 4.43. The first-order chi connectivity index (χ1) is 14.5. The van der Waals surface area contributed by atoms with E-state index in [0.29, 0.717) is 39.7 Å². The predicted molar refractivity (Wildman–Crippen MR) is 125 cm³/mol. The quantitative estimate of drug-likeness (QED) is 0.280. The molecule has 30 heavy (non-hydrogen) atoms. The van der Waals surface area contributed by atoms with Crippen LogP contribution in [0.4, 0.5) is 0 Å². The second kappa shape index (κ2) is 10.6. The minimum atomic E-state index is -0.342. The van der Waals surface area contributed by atoms with E-state index < -0.39 is 0 Å². The van der Waals surface area contributed by atoms with Crippen molar-refractivity contribution in [3.63, 3.8) is 0 Å². The summed E-state index contributed by atoms with van der Waals surface area (Å²) in [4.78, 5) is 30.8. The molecule has 0 aliphatic heterocycles. The molecule has 7 heteroatoms. The van der Waals surface area contributed by atoms with Gasteiger partial charge in [-0.05, 0) is 43.2 Å². The van der Waals surface area contributed by atoms with Crippen LogP contribution >= 0.6 is 23.4 Å². The van der Waals surface area contributed by atoms with E-state index in [1.165, 1.54) is 11.8 Å². The van der Waals surface area contributed by atoms with Crippen LogP contribution in [0, 0.1) is 0 Å². The van der Waals surface area contributed by atoms with Crippen LogP contribution in [0.25, 0.3) is 16.6 Å². The van der Waals surface area contributed by atoms with Crippen molar-refractivity contribution in [3.05, 3.63) is 63.9 Å². The van der Waals surface area contributed by atoms with Crippen LogP contribution < -0.4 is 10.9 Å². The van der Waals surface area contributed by atoms with E-state index in [4.69, 9.17) is 16.6 Å². The number of fused-ring (bicyclic) bond motifs is 1. The molecule has 1 unspecified atom stereocenters. The Morgan fingerprint density at radius 3 is 2.70 bits per heavy atom. The molecule has 1 atom stereocenters. The molecule has 1 aromatic heterocycles. The Bertz CT molecular complexity index is 1080. The maximum absolute atomic E-state index is 13.3. The van der Waals surface area contributed by atoms with E-state index in [1.54, 1.807) is 28.8 Å². The molecule has 1 amide bonds. The summed E-state index contributed by atoms with van der Waals surface area (Å²) in [6, 6.07) is 14.4. The van der Waals surface area contributed by atoms with Gasteiger partial charge >= 0.3 is 0 Å². The van der Waals surface area contributed by atoms with Crippen molar-refractivity contribution in [2.75, 3.05) is 6.54 Å². The molecular weight excluding hydrogens is 418 g/mol. The third kappa shape index (κ3) is 5.24. The van der Waals surface area contributed by atoms with E-state index in [-0.39, 0.29) is 16.7 Å². The first kappa shape index (κ1) is 22.4. The Morgan fingerprint density at radius 1 is 1.17 bits per heavy atom. The lowest BCUT2D eigenvalue weighted by Gasteiger charge is -2.18. The lowest BCUT2D eigenvalue weighted by atomic mass is 10.2. The smallest absolute Gasteiger partial charge is 0.266 e. The number of benzene rings is 2. The summed E-state index contributed by atoms with van der Waals surface area (Å²) in [6.07, 6.45) is 3.78.